The number of fused-ring (bicyclic) bond motifs is 1. The first kappa shape index (κ1) is 17.3. The van der Waals surface area contributed by atoms with Crippen LogP contribution in [0.15, 0.2) is 34.9 Å². The summed E-state index contributed by atoms with van der Waals surface area (Å²) in [6.07, 6.45) is -4.58. The van der Waals surface area contributed by atoms with Crippen LogP contribution in [0.1, 0.15) is 27.7 Å². The zero-order valence-corrected chi connectivity index (χ0v) is 14.2. The maximum Gasteiger partial charge on any atom is 0.451 e. The van der Waals surface area contributed by atoms with E-state index in [9.17, 15) is 18.0 Å². The highest BCUT2D eigenvalue weighted by molar-refractivity contribution is 5.93. The number of hydrogen-bond acceptors (Lipinski definition) is 5. The lowest BCUT2D eigenvalue weighted by atomic mass is 10.1. The van der Waals surface area contributed by atoms with Gasteiger partial charge in [-0.2, -0.15) is 13.2 Å². The Morgan fingerprint density at radius 3 is 2.59 bits per heavy atom. The molecule has 0 unspecified atom stereocenters. The summed E-state index contributed by atoms with van der Waals surface area (Å²) in [4.78, 5) is 14.0. The molecule has 0 saturated heterocycles. The summed E-state index contributed by atoms with van der Waals surface area (Å²) in [6, 6.07) is 9.05. The highest BCUT2D eigenvalue weighted by Crippen LogP contribution is 2.30. The number of nitrogens with zero attached hydrogens (tertiary/aromatic N) is 5. The van der Waals surface area contributed by atoms with Gasteiger partial charge in [-0.05, 0) is 6.92 Å². The first-order valence-electron chi connectivity index (χ1n) is 8.15. The molecule has 3 heterocycles. The molecule has 2 aromatic heterocycles. The third kappa shape index (κ3) is 3.18. The van der Waals surface area contributed by atoms with E-state index in [1.807, 2.05) is 31.2 Å². The molecule has 0 fully saturated rings. The number of benzene rings is 1. The van der Waals surface area contributed by atoms with E-state index in [0.29, 0.717) is 5.76 Å². The fraction of sp³-hybridized carbons (Fsp3) is 0.294. The molecule has 0 radical (unpaired) electrons. The molecule has 140 valence electrons. The SMILES string of the molecule is Cc1ccc(-c2cc(C(=O)N3CCn4c(nnc4C(F)(F)F)C3)no2)cc1. The molecule has 0 spiro atoms. The lowest BCUT2D eigenvalue weighted by Gasteiger charge is -2.27. The predicted molar refractivity (Wildman–Crippen MR) is 86.4 cm³/mol. The molecule has 3 aromatic rings. The van der Waals surface area contributed by atoms with Crippen molar-refractivity contribution in [1.29, 1.82) is 0 Å². The van der Waals surface area contributed by atoms with Crippen molar-refractivity contribution < 1.29 is 22.5 Å². The molecule has 1 amide bonds. The van der Waals surface area contributed by atoms with Crippen LogP contribution in [0.4, 0.5) is 13.2 Å². The number of aromatic nitrogens is 4. The van der Waals surface area contributed by atoms with Gasteiger partial charge in [0.2, 0.25) is 5.82 Å². The van der Waals surface area contributed by atoms with Crippen molar-refractivity contribution >= 4 is 5.91 Å². The van der Waals surface area contributed by atoms with Gasteiger partial charge in [0.05, 0.1) is 6.54 Å². The zero-order chi connectivity index (χ0) is 19.2. The molecule has 10 heteroatoms. The first-order valence-corrected chi connectivity index (χ1v) is 8.15. The van der Waals surface area contributed by atoms with Crippen LogP contribution in [0.25, 0.3) is 11.3 Å². The van der Waals surface area contributed by atoms with Crippen LogP contribution in [0.3, 0.4) is 0 Å². The molecular weight excluding hydrogens is 363 g/mol. The van der Waals surface area contributed by atoms with Gasteiger partial charge < -0.3 is 14.0 Å². The highest BCUT2D eigenvalue weighted by Gasteiger charge is 2.40. The van der Waals surface area contributed by atoms with Crippen molar-refractivity contribution in [2.24, 2.45) is 0 Å². The van der Waals surface area contributed by atoms with Crippen molar-refractivity contribution in [3.63, 3.8) is 0 Å². The lowest BCUT2D eigenvalue weighted by molar-refractivity contribution is -0.147. The molecule has 7 nitrogen and oxygen atoms in total. The summed E-state index contributed by atoms with van der Waals surface area (Å²) in [5.74, 6) is -0.949. The molecule has 0 atom stereocenters. The van der Waals surface area contributed by atoms with E-state index in [4.69, 9.17) is 4.52 Å². The fourth-order valence-corrected chi connectivity index (χ4v) is 2.93. The molecule has 1 aliphatic heterocycles. The van der Waals surface area contributed by atoms with Crippen molar-refractivity contribution in [1.82, 2.24) is 24.8 Å². The number of halogens is 3. The molecule has 1 aromatic carbocycles. The minimum atomic E-state index is -4.58. The average molecular weight is 377 g/mol. The first-order chi connectivity index (χ1) is 12.8. The predicted octanol–water partition coefficient (Wildman–Crippen LogP) is 2.92. The number of amides is 1. The molecule has 4 rings (SSSR count). The van der Waals surface area contributed by atoms with Crippen molar-refractivity contribution in [3.05, 3.63) is 53.2 Å². The van der Waals surface area contributed by atoms with E-state index < -0.39 is 17.9 Å². The number of alkyl halides is 3. The molecule has 0 aliphatic carbocycles. The molecule has 27 heavy (non-hydrogen) atoms. The van der Waals surface area contributed by atoms with E-state index >= 15 is 0 Å². The number of carbonyl (C=O) groups is 1. The van der Waals surface area contributed by atoms with Crippen molar-refractivity contribution in [2.45, 2.75) is 26.2 Å². The van der Waals surface area contributed by atoms with Crippen LogP contribution >= 0.6 is 0 Å². The van der Waals surface area contributed by atoms with Crippen LogP contribution in [0, 0.1) is 6.92 Å². The van der Waals surface area contributed by atoms with Crippen LogP contribution < -0.4 is 0 Å². The van der Waals surface area contributed by atoms with Crippen molar-refractivity contribution in [3.8, 4) is 11.3 Å². The topological polar surface area (TPSA) is 77.1 Å². The monoisotopic (exact) mass is 377 g/mol. The largest absolute Gasteiger partial charge is 0.451 e. The van der Waals surface area contributed by atoms with Gasteiger partial charge >= 0.3 is 6.18 Å². The van der Waals surface area contributed by atoms with Crippen LogP contribution in [-0.4, -0.2) is 37.3 Å². The van der Waals surface area contributed by atoms with Gasteiger partial charge in [-0.3, -0.25) is 4.79 Å². The molecular formula is C17H14F3N5O2. The summed E-state index contributed by atoms with van der Waals surface area (Å²) >= 11 is 0. The minimum Gasteiger partial charge on any atom is -0.355 e. The summed E-state index contributed by atoms with van der Waals surface area (Å²) in [7, 11) is 0. The van der Waals surface area contributed by atoms with E-state index in [1.54, 1.807) is 0 Å². The number of carbonyl (C=O) groups excluding carboxylic acids is 1. The Bertz CT molecular complexity index is 991. The van der Waals surface area contributed by atoms with Gasteiger partial charge in [0.15, 0.2) is 17.3 Å². The van der Waals surface area contributed by atoms with Gasteiger partial charge in [-0.1, -0.05) is 35.0 Å². The number of aryl methyl sites for hydroxylation is 1. The summed E-state index contributed by atoms with van der Waals surface area (Å²) in [5.41, 5.74) is 1.96. The van der Waals surface area contributed by atoms with E-state index in [0.717, 1.165) is 15.7 Å². The maximum atomic E-state index is 12.9. The smallest absolute Gasteiger partial charge is 0.355 e. The Hall–Kier alpha value is -3.17. The standard InChI is InChI=1S/C17H14F3N5O2/c1-10-2-4-11(5-3-10)13-8-12(23-27-13)15(26)24-6-7-25-14(9-24)21-22-16(25)17(18,19)20/h2-5,8H,6-7,9H2,1H3. The van der Waals surface area contributed by atoms with E-state index in [1.165, 1.54) is 11.0 Å². The van der Waals surface area contributed by atoms with Gasteiger partial charge in [0.1, 0.15) is 0 Å². The Kier molecular flexibility index (Phi) is 3.97. The van der Waals surface area contributed by atoms with Crippen molar-refractivity contribution in [2.75, 3.05) is 6.54 Å². The fourth-order valence-electron chi connectivity index (χ4n) is 2.93. The molecule has 0 N–H and O–H groups in total. The van der Waals surface area contributed by atoms with Gasteiger partial charge in [-0.15, -0.1) is 10.2 Å². The number of hydrogen-bond donors (Lipinski definition) is 0. The summed E-state index contributed by atoms with van der Waals surface area (Å²) in [6.45, 7) is 1.94. The Morgan fingerprint density at radius 2 is 1.89 bits per heavy atom. The lowest BCUT2D eigenvalue weighted by Crippen LogP contribution is -2.39. The van der Waals surface area contributed by atoms with Gasteiger partial charge in [0.25, 0.3) is 5.91 Å². The summed E-state index contributed by atoms with van der Waals surface area (Å²) < 4.78 is 44.9. The quantitative estimate of drug-likeness (QED) is 0.686. The van der Waals surface area contributed by atoms with E-state index in [-0.39, 0.29) is 31.2 Å². The second-order valence-electron chi connectivity index (χ2n) is 6.26. The second kappa shape index (κ2) is 6.22. The van der Waals surface area contributed by atoms with Crippen LogP contribution in [0.2, 0.25) is 0 Å². The summed E-state index contributed by atoms with van der Waals surface area (Å²) in [5, 5.41) is 10.6. The molecule has 0 bridgehead atoms. The molecule has 1 aliphatic rings. The Balaban J connectivity index is 1.53. The van der Waals surface area contributed by atoms with Crippen LogP contribution in [-0.2, 0) is 19.3 Å². The van der Waals surface area contributed by atoms with Crippen LogP contribution in [0.5, 0.6) is 0 Å². The third-order valence-electron chi connectivity index (χ3n) is 4.36. The van der Waals surface area contributed by atoms with Gasteiger partial charge in [-0.25, -0.2) is 0 Å². The Labute approximate surface area is 151 Å². The normalized spacial score (nSPS) is 14.3. The highest BCUT2D eigenvalue weighted by atomic mass is 19.4. The Morgan fingerprint density at radius 1 is 1.15 bits per heavy atom. The third-order valence-corrected chi connectivity index (χ3v) is 4.36. The minimum absolute atomic E-state index is 0.0361. The zero-order valence-electron chi connectivity index (χ0n) is 14.2. The number of rotatable bonds is 2. The maximum absolute atomic E-state index is 12.9. The van der Waals surface area contributed by atoms with Gasteiger partial charge in [0, 0.05) is 24.7 Å². The van der Waals surface area contributed by atoms with E-state index in [2.05, 4.69) is 15.4 Å². The molecule has 0 saturated carbocycles. The average Bonchev–Trinajstić information content (AvgIpc) is 3.28. The second-order valence-corrected chi connectivity index (χ2v) is 6.26.